The van der Waals surface area contributed by atoms with E-state index in [0.717, 1.165) is 6.42 Å². The van der Waals surface area contributed by atoms with Gasteiger partial charge in [0.05, 0.1) is 0 Å². The van der Waals surface area contributed by atoms with Gasteiger partial charge in [0.25, 0.3) is 0 Å². The van der Waals surface area contributed by atoms with Gasteiger partial charge in [-0.25, -0.2) is 0 Å². The molecule has 0 aliphatic carbocycles. The number of amides is 2. The Hall–Kier alpha value is -1.10. The summed E-state index contributed by atoms with van der Waals surface area (Å²) in [7, 11) is 0. The van der Waals surface area contributed by atoms with Crippen LogP contribution >= 0.6 is 0 Å². The summed E-state index contributed by atoms with van der Waals surface area (Å²) in [5.74, 6) is 0.0875. The highest BCUT2D eigenvalue weighted by Gasteiger charge is 2.19. The van der Waals surface area contributed by atoms with Crippen molar-refractivity contribution in [3.05, 3.63) is 0 Å². The van der Waals surface area contributed by atoms with Gasteiger partial charge < -0.3 is 16.4 Å². The summed E-state index contributed by atoms with van der Waals surface area (Å²) in [5.41, 5.74) is 5.56. The molecule has 0 aromatic carbocycles. The zero-order valence-corrected chi connectivity index (χ0v) is 9.08. The molecule has 0 saturated carbocycles. The molecule has 2 unspecified atom stereocenters. The van der Waals surface area contributed by atoms with Gasteiger partial charge in [-0.2, -0.15) is 0 Å². The molecule has 0 aromatic rings. The minimum Gasteiger partial charge on any atom is -0.354 e. The smallest absolute Gasteiger partial charge is 0.220 e. The van der Waals surface area contributed by atoms with Gasteiger partial charge in [0.15, 0.2) is 0 Å². The zero-order valence-electron chi connectivity index (χ0n) is 9.08. The summed E-state index contributed by atoms with van der Waals surface area (Å²) in [4.78, 5) is 22.3. The third kappa shape index (κ3) is 4.78. The van der Waals surface area contributed by atoms with Crippen LogP contribution in [0.3, 0.4) is 0 Å². The molecule has 2 amide bonds. The second kappa shape index (κ2) is 5.70. The van der Waals surface area contributed by atoms with Gasteiger partial charge in [0.1, 0.15) is 0 Å². The Bertz CT molecular complexity index is 231. The molecule has 0 bridgehead atoms. The van der Waals surface area contributed by atoms with Crippen LogP contribution in [0.2, 0.25) is 0 Å². The van der Waals surface area contributed by atoms with E-state index >= 15 is 0 Å². The standard InChI is InChI=1S/C10H19N3O2/c1-7(11)2-4-10(15)13-8-3-5-9(14)12-6-8/h7-8H,2-6,11H2,1H3,(H,12,14)(H,13,15). The van der Waals surface area contributed by atoms with Crippen LogP contribution in [-0.2, 0) is 9.59 Å². The van der Waals surface area contributed by atoms with Gasteiger partial charge >= 0.3 is 0 Å². The van der Waals surface area contributed by atoms with Crippen molar-refractivity contribution in [1.82, 2.24) is 10.6 Å². The molecule has 1 saturated heterocycles. The van der Waals surface area contributed by atoms with E-state index in [4.69, 9.17) is 5.73 Å². The number of nitrogens with two attached hydrogens (primary N) is 1. The van der Waals surface area contributed by atoms with Crippen LogP contribution in [0.1, 0.15) is 32.6 Å². The van der Waals surface area contributed by atoms with Gasteiger partial charge in [0.2, 0.25) is 11.8 Å². The molecule has 1 aliphatic heterocycles. The first-order valence-corrected chi connectivity index (χ1v) is 5.39. The number of carbonyl (C=O) groups excluding carboxylic acids is 2. The molecule has 1 fully saturated rings. The Balaban J connectivity index is 2.17. The summed E-state index contributed by atoms with van der Waals surface area (Å²) in [6, 6.07) is 0.144. The molecule has 1 rings (SSSR count). The maximum atomic E-state index is 11.4. The molecule has 0 radical (unpaired) electrons. The minimum absolute atomic E-state index is 0.0217. The second-order valence-corrected chi connectivity index (χ2v) is 4.12. The topological polar surface area (TPSA) is 84.2 Å². The second-order valence-electron chi connectivity index (χ2n) is 4.12. The molecule has 86 valence electrons. The first-order valence-electron chi connectivity index (χ1n) is 5.39. The lowest BCUT2D eigenvalue weighted by molar-refractivity contribution is -0.125. The van der Waals surface area contributed by atoms with Crippen molar-refractivity contribution in [2.45, 2.75) is 44.7 Å². The lowest BCUT2D eigenvalue weighted by Crippen LogP contribution is -2.47. The Labute approximate surface area is 89.8 Å². The summed E-state index contributed by atoms with van der Waals surface area (Å²) in [5, 5.41) is 5.61. The molecule has 1 aliphatic rings. The van der Waals surface area contributed by atoms with E-state index in [2.05, 4.69) is 10.6 Å². The van der Waals surface area contributed by atoms with Gasteiger partial charge in [-0.1, -0.05) is 0 Å². The lowest BCUT2D eigenvalue weighted by atomic mass is 10.1. The van der Waals surface area contributed by atoms with Crippen LogP contribution in [0.4, 0.5) is 0 Å². The third-order valence-corrected chi connectivity index (χ3v) is 2.46. The SMILES string of the molecule is CC(N)CCC(=O)NC1CCC(=O)NC1. The first kappa shape index (κ1) is 12.0. The van der Waals surface area contributed by atoms with E-state index in [9.17, 15) is 9.59 Å². The van der Waals surface area contributed by atoms with E-state index < -0.39 is 0 Å². The number of piperidine rings is 1. The Morgan fingerprint density at radius 1 is 1.73 bits per heavy atom. The summed E-state index contributed by atoms with van der Waals surface area (Å²) < 4.78 is 0. The number of carbonyl (C=O) groups is 2. The van der Waals surface area contributed by atoms with Crippen molar-refractivity contribution in [1.29, 1.82) is 0 Å². The fraction of sp³-hybridized carbons (Fsp3) is 0.800. The Morgan fingerprint density at radius 2 is 2.47 bits per heavy atom. The molecule has 5 nitrogen and oxygen atoms in total. The fourth-order valence-electron chi connectivity index (χ4n) is 1.51. The predicted molar refractivity (Wildman–Crippen MR) is 57.1 cm³/mol. The van der Waals surface area contributed by atoms with E-state index in [-0.39, 0.29) is 23.9 Å². The third-order valence-electron chi connectivity index (χ3n) is 2.46. The van der Waals surface area contributed by atoms with Crippen molar-refractivity contribution in [2.24, 2.45) is 5.73 Å². The van der Waals surface area contributed by atoms with E-state index in [0.29, 0.717) is 25.8 Å². The molecule has 5 heteroatoms. The maximum absolute atomic E-state index is 11.4. The molecule has 0 spiro atoms. The van der Waals surface area contributed by atoms with Gasteiger partial charge in [-0.05, 0) is 19.8 Å². The van der Waals surface area contributed by atoms with E-state index in [1.54, 1.807) is 0 Å². The monoisotopic (exact) mass is 213 g/mol. The highest BCUT2D eigenvalue weighted by molar-refractivity contribution is 5.78. The van der Waals surface area contributed by atoms with Crippen molar-refractivity contribution in [3.8, 4) is 0 Å². The Kier molecular flexibility index (Phi) is 4.55. The number of hydrogen-bond acceptors (Lipinski definition) is 3. The quantitative estimate of drug-likeness (QED) is 0.589. The fourth-order valence-corrected chi connectivity index (χ4v) is 1.51. The van der Waals surface area contributed by atoms with Crippen LogP contribution < -0.4 is 16.4 Å². The summed E-state index contributed by atoms with van der Waals surface area (Å²) in [6.45, 7) is 2.43. The van der Waals surface area contributed by atoms with Crippen molar-refractivity contribution < 1.29 is 9.59 Å². The molecule has 1 heterocycles. The van der Waals surface area contributed by atoms with Gasteiger partial charge in [-0.3, -0.25) is 9.59 Å². The largest absolute Gasteiger partial charge is 0.354 e. The summed E-state index contributed by atoms with van der Waals surface area (Å²) in [6.07, 6.45) is 2.39. The van der Waals surface area contributed by atoms with Crippen molar-refractivity contribution in [2.75, 3.05) is 6.54 Å². The van der Waals surface area contributed by atoms with Crippen LogP contribution in [0.5, 0.6) is 0 Å². The van der Waals surface area contributed by atoms with Gasteiger partial charge in [-0.15, -0.1) is 0 Å². The summed E-state index contributed by atoms with van der Waals surface area (Å²) >= 11 is 0. The molecule has 2 atom stereocenters. The lowest BCUT2D eigenvalue weighted by Gasteiger charge is -2.23. The first-order chi connectivity index (χ1) is 7.08. The van der Waals surface area contributed by atoms with Crippen LogP contribution in [0, 0.1) is 0 Å². The van der Waals surface area contributed by atoms with Crippen LogP contribution in [0.25, 0.3) is 0 Å². The van der Waals surface area contributed by atoms with Crippen LogP contribution in [-0.4, -0.2) is 30.4 Å². The molecule has 0 aromatic heterocycles. The van der Waals surface area contributed by atoms with E-state index in [1.807, 2.05) is 6.92 Å². The maximum Gasteiger partial charge on any atom is 0.220 e. The predicted octanol–water partition coefficient (Wildman–Crippen LogP) is -0.491. The average Bonchev–Trinajstić information content (AvgIpc) is 2.19. The molecular formula is C10H19N3O2. The Morgan fingerprint density at radius 3 is 3.00 bits per heavy atom. The van der Waals surface area contributed by atoms with Gasteiger partial charge in [0, 0.05) is 31.5 Å². The number of hydrogen-bond donors (Lipinski definition) is 3. The van der Waals surface area contributed by atoms with Crippen LogP contribution in [0.15, 0.2) is 0 Å². The zero-order chi connectivity index (χ0) is 11.3. The highest BCUT2D eigenvalue weighted by atomic mass is 16.2. The molecule has 15 heavy (non-hydrogen) atoms. The van der Waals surface area contributed by atoms with Crippen molar-refractivity contribution >= 4 is 11.8 Å². The number of nitrogens with one attached hydrogen (secondary N) is 2. The average molecular weight is 213 g/mol. The number of rotatable bonds is 4. The minimum atomic E-state index is 0.0217. The molecule has 4 N–H and O–H groups in total. The van der Waals surface area contributed by atoms with Crippen molar-refractivity contribution in [3.63, 3.8) is 0 Å². The molecular weight excluding hydrogens is 194 g/mol. The highest BCUT2D eigenvalue weighted by Crippen LogP contribution is 2.03. The normalized spacial score (nSPS) is 23.1. The van der Waals surface area contributed by atoms with E-state index in [1.165, 1.54) is 0 Å².